The molecule has 0 radical (unpaired) electrons. The van der Waals surface area contributed by atoms with E-state index in [4.69, 9.17) is 4.74 Å². The minimum absolute atomic E-state index is 0.140. The van der Waals surface area contributed by atoms with E-state index < -0.39 is 0 Å². The van der Waals surface area contributed by atoms with Crippen molar-refractivity contribution >= 4 is 5.82 Å². The maximum Gasteiger partial charge on any atom is 0.252 e. The van der Waals surface area contributed by atoms with Crippen molar-refractivity contribution in [2.75, 3.05) is 31.2 Å². The number of aliphatic hydroxyl groups excluding tert-OH is 1. The molecule has 1 N–H and O–H groups in total. The number of morpholine rings is 1. The normalized spacial score (nSPS) is 14.5. The minimum atomic E-state index is -0.260. The Morgan fingerprint density at radius 3 is 2.52 bits per heavy atom. The minimum Gasteiger partial charge on any atom is -0.390 e. The third-order valence-corrected chi connectivity index (χ3v) is 4.40. The number of anilines is 1. The Hall–Kier alpha value is -2.84. The van der Waals surface area contributed by atoms with Crippen LogP contribution in [0.25, 0.3) is 5.95 Å². The first-order chi connectivity index (χ1) is 13.2. The van der Waals surface area contributed by atoms with Crippen molar-refractivity contribution in [3.63, 3.8) is 0 Å². The van der Waals surface area contributed by atoms with E-state index >= 15 is 0 Å². The average molecular weight is 369 g/mol. The van der Waals surface area contributed by atoms with Gasteiger partial charge in [0, 0.05) is 31.8 Å². The summed E-state index contributed by atoms with van der Waals surface area (Å²) >= 11 is 0. The quantitative estimate of drug-likeness (QED) is 0.738. The van der Waals surface area contributed by atoms with Gasteiger partial charge in [0.05, 0.1) is 31.2 Å². The topological polar surface area (TPSA) is 76.3 Å². The Morgan fingerprint density at radius 1 is 1.04 bits per heavy atom. The molecular weight excluding hydrogens is 349 g/mol. The lowest BCUT2D eigenvalue weighted by atomic mass is 10.1. The summed E-state index contributed by atoms with van der Waals surface area (Å²) in [4.78, 5) is 11.4. The Morgan fingerprint density at radius 2 is 1.81 bits per heavy atom. The summed E-state index contributed by atoms with van der Waals surface area (Å²) in [6.45, 7) is 2.69. The second-order valence-electron chi connectivity index (χ2n) is 6.33. The number of aromatic nitrogens is 4. The van der Waals surface area contributed by atoms with E-state index in [0.29, 0.717) is 31.3 Å². The Balaban J connectivity index is 1.69. The molecule has 1 saturated heterocycles. The lowest BCUT2D eigenvalue weighted by Gasteiger charge is -2.28. The lowest BCUT2D eigenvalue weighted by molar-refractivity contribution is 0.122. The van der Waals surface area contributed by atoms with Crippen LogP contribution in [0.3, 0.4) is 0 Å². The maximum absolute atomic E-state index is 13.2. The standard InChI is InChI=1S/C19H20FN5O2/c20-15-3-1-14(2-4-15)11-17-12-18(24-7-9-27-10-8-24)22-19(21-17)25-6-5-16(13-26)23-25/h1-6,12,26H,7-11,13H2. The van der Waals surface area contributed by atoms with Crippen molar-refractivity contribution in [3.05, 3.63) is 65.4 Å². The molecule has 0 saturated carbocycles. The van der Waals surface area contributed by atoms with Crippen LogP contribution >= 0.6 is 0 Å². The van der Waals surface area contributed by atoms with E-state index in [-0.39, 0.29) is 12.4 Å². The fourth-order valence-corrected chi connectivity index (χ4v) is 2.99. The van der Waals surface area contributed by atoms with Gasteiger partial charge in [0.2, 0.25) is 0 Å². The molecule has 0 aliphatic carbocycles. The van der Waals surface area contributed by atoms with Gasteiger partial charge >= 0.3 is 0 Å². The highest BCUT2D eigenvalue weighted by atomic mass is 19.1. The van der Waals surface area contributed by atoms with Crippen molar-refractivity contribution in [2.45, 2.75) is 13.0 Å². The van der Waals surface area contributed by atoms with E-state index in [1.54, 1.807) is 29.1 Å². The van der Waals surface area contributed by atoms with Gasteiger partial charge in [-0.25, -0.2) is 14.1 Å². The fraction of sp³-hybridized carbons (Fsp3) is 0.316. The second kappa shape index (κ2) is 7.81. The van der Waals surface area contributed by atoms with Crippen molar-refractivity contribution in [1.29, 1.82) is 0 Å². The van der Waals surface area contributed by atoms with Gasteiger partial charge < -0.3 is 14.7 Å². The van der Waals surface area contributed by atoms with E-state index in [2.05, 4.69) is 20.0 Å². The summed E-state index contributed by atoms with van der Waals surface area (Å²) in [6, 6.07) is 10.1. The largest absolute Gasteiger partial charge is 0.390 e. The number of benzene rings is 1. The van der Waals surface area contributed by atoms with Gasteiger partial charge in [-0.3, -0.25) is 0 Å². The first kappa shape index (κ1) is 17.6. The highest BCUT2D eigenvalue weighted by Gasteiger charge is 2.16. The summed E-state index contributed by atoms with van der Waals surface area (Å²) in [6.07, 6.45) is 2.28. The molecule has 2 aromatic heterocycles. The molecule has 3 heterocycles. The molecule has 1 aliphatic rings. The van der Waals surface area contributed by atoms with Crippen LogP contribution in [0.15, 0.2) is 42.6 Å². The number of nitrogens with zero attached hydrogens (tertiary/aromatic N) is 5. The number of halogens is 1. The number of hydrogen-bond acceptors (Lipinski definition) is 6. The number of ether oxygens (including phenoxy) is 1. The van der Waals surface area contributed by atoms with Crippen LogP contribution in [0.4, 0.5) is 10.2 Å². The van der Waals surface area contributed by atoms with Gasteiger partial charge in [-0.15, -0.1) is 0 Å². The zero-order chi connectivity index (χ0) is 18.6. The third kappa shape index (κ3) is 4.12. The smallest absolute Gasteiger partial charge is 0.252 e. The predicted octanol–water partition coefficient (Wildman–Crippen LogP) is 1.72. The summed E-state index contributed by atoms with van der Waals surface area (Å²) in [7, 11) is 0. The summed E-state index contributed by atoms with van der Waals surface area (Å²) in [5.74, 6) is 0.987. The molecule has 7 nitrogen and oxygen atoms in total. The van der Waals surface area contributed by atoms with Crippen LogP contribution in [0.5, 0.6) is 0 Å². The predicted molar refractivity (Wildman–Crippen MR) is 97.3 cm³/mol. The molecule has 0 bridgehead atoms. The van der Waals surface area contributed by atoms with Crippen molar-refractivity contribution in [2.24, 2.45) is 0 Å². The third-order valence-electron chi connectivity index (χ3n) is 4.40. The zero-order valence-corrected chi connectivity index (χ0v) is 14.8. The molecule has 1 aromatic carbocycles. The number of aliphatic hydroxyl groups is 1. The molecule has 3 aromatic rings. The van der Waals surface area contributed by atoms with Crippen LogP contribution in [0, 0.1) is 5.82 Å². The molecule has 1 fully saturated rings. The summed E-state index contributed by atoms with van der Waals surface area (Å²) < 4.78 is 20.2. The van der Waals surface area contributed by atoms with E-state index in [1.165, 1.54) is 12.1 Å². The Bertz CT molecular complexity index is 907. The molecule has 4 rings (SSSR count). The number of rotatable bonds is 5. The molecular formula is C19H20FN5O2. The molecule has 0 spiro atoms. The first-order valence-corrected chi connectivity index (χ1v) is 8.82. The van der Waals surface area contributed by atoms with Gasteiger partial charge in [0.25, 0.3) is 5.95 Å². The second-order valence-corrected chi connectivity index (χ2v) is 6.33. The van der Waals surface area contributed by atoms with Gasteiger partial charge in [-0.2, -0.15) is 10.1 Å². The van der Waals surface area contributed by atoms with Crippen molar-refractivity contribution in [1.82, 2.24) is 19.7 Å². The van der Waals surface area contributed by atoms with Gasteiger partial charge in [0.15, 0.2) is 0 Å². The SMILES string of the molecule is OCc1ccn(-c2nc(Cc3ccc(F)cc3)cc(N3CCOCC3)n2)n1. The Labute approximate surface area is 156 Å². The van der Waals surface area contributed by atoms with E-state index in [9.17, 15) is 9.50 Å². The van der Waals surface area contributed by atoms with Crippen LogP contribution in [0.1, 0.15) is 17.0 Å². The number of hydrogen-bond donors (Lipinski definition) is 1. The highest BCUT2D eigenvalue weighted by molar-refractivity contribution is 5.43. The highest BCUT2D eigenvalue weighted by Crippen LogP contribution is 2.19. The summed E-state index contributed by atoms with van der Waals surface area (Å²) in [5.41, 5.74) is 2.33. The maximum atomic E-state index is 13.2. The van der Waals surface area contributed by atoms with Crippen molar-refractivity contribution in [3.8, 4) is 5.95 Å². The molecule has 0 unspecified atom stereocenters. The zero-order valence-electron chi connectivity index (χ0n) is 14.8. The fourth-order valence-electron chi connectivity index (χ4n) is 2.99. The summed E-state index contributed by atoms with van der Waals surface area (Å²) in [5, 5.41) is 13.6. The molecule has 8 heteroatoms. The molecule has 0 atom stereocenters. The van der Waals surface area contributed by atoms with Gasteiger partial charge in [0.1, 0.15) is 11.6 Å². The molecule has 0 amide bonds. The first-order valence-electron chi connectivity index (χ1n) is 8.82. The molecule has 1 aliphatic heterocycles. The van der Waals surface area contributed by atoms with Crippen LogP contribution in [-0.4, -0.2) is 51.2 Å². The van der Waals surface area contributed by atoms with Crippen LogP contribution < -0.4 is 4.90 Å². The molecule has 27 heavy (non-hydrogen) atoms. The average Bonchev–Trinajstić information content (AvgIpc) is 3.20. The van der Waals surface area contributed by atoms with Crippen LogP contribution in [-0.2, 0) is 17.8 Å². The van der Waals surface area contributed by atoms with Gasteiger partial charge in [-0.05, 0) is 23.8 Å². The van der Waals surface area contributed by atoms with E-state index in [1.807, 2.05) is 6.07 Å². The van der Waals surface area contributed by atoms with E-state index in [0.717, 1.165) is 30.2 Å². The lowest BCUT2D eigenvalue weighted by Crippen LogP contribution is -2.37. The van der Waals surface area contributed by atoms with Crippen LogP contribution in [0.2, 0.25) is 0 Å². The van der Waals surface area contributed by atoms with Crippen molar-refractivity contribution < 1.29 is 14.2 Å². The Kier molecular flexibility index (Phi) is 5.08. The molecule has 140 valence electrons. The van der Waals surface area contributed by atoms with Gasteiger partial charge in [-0.1, -0.05) is 12.1 Å². The monoisotopic (exact) mass is 369 g/mol.